The molecule has 0 radical (unpaired) electrons. The summed E-state index contributed by atoms with van der Waals surface area (Å²) in [7, 11) is 0. The molecule has 116 valence electrons. The molecule has 2 N–H and O–H groups in total. The average Bonchev–Trinajstić information content (AvgIpc) is 2.52. The number of rotatable bonds is 3. The highest BCUT2D eigenvalue weighted by Crippen LogP contribution is 2.40. The van der Waals surface area contributed by atoms with Crippen LogP contribution in [0.4, 0.5) is 0 Å². The van der Waals surface area contributed by atoms with Gasteiger partial charge < -0.3 is 15.2 Å². The minimum atomic E-state index is -0.724. The van der Waals surface area contributed by atoms with E-state index in [9.17, 15) is 10.1 Å². The van der Waals surface area contributed by atoms with E-state index in [4.69, 9.17) is 33.2 Å². The monoisotopic (exact) mass is 328 g/mol. The highest BCUT2D eigenvalue weighted by atomic mass is 35.5. The second-order valence-corrected chi connectivity index (χ2v) is 5.17. The largest absolute Gasteiger partial charge is 0.449 e. The van der Waals surface area contributed by atoms with Gasteiger partial charge in [-0.1, -0.05) is 29.7 Å². The highest BCUT2D eigenvalue weighted by Gasteiger charge is 2.36. The average molecular weight is 329 g/mol. The molecule has 0 saturated heterocycles. The molecule has 23 heavy (non-hydrogen) atoms. The first-order valence-corrected chi connectivity index (χ1v) is 7.01. The molecule has 0 aliphatic carbocycles. The Balaban J connectivity index is 2.58. The van der Waals surface area contributed by atoms with E-state index >= 15 is 0 Å². The van der Waals surface area contributed by atoms with Crippen molar-refractivity contribution in [2.24, 2.45) is 5.73 Å². The maximum Gasteiger partial charge on any atom is 0.339 e. The van der Waals surface area contributed by atoms with Gasteiger partial charge in [0.1, 0.15) is 17.4 Å². The summed E-state index contributed by atoms with van der Waals surface area (Å²) in [6.45, 7) is 1.39. The Hall–Kier alpha value is -2.89. The van der Waals surface area contributed by atoms with Gasteiger partial charge in [0, 0.05) is 5.02 Å². The number of allylic oxidation sites excluding steroid dienone is 2. The third-order valence-electron chi connectivity index (χ3n) is 3.29. The van der Waals surface area contributed by atoms with Crippen LogP contribution in [0.5, 0.6) is 0 Å². The summed E-state index contributed by atoms with van der Waals surface area (Å²) in [6.07, 6.45) is 5.11. The van der Waals surface area contributed by atoms with Gasteiger partial charge in [-0.3, -0.25) is 0 Å². The summed E-state index contributed by atoms with van der Waals surface area (Å²) in [5.74, 6) is 1.04. The Morgan fingerprint density at radius 3 is 2.91 bits per heavy atom. The molecule has 0 saturated carbocycles. The van der Waals surface area contributed by atoms with Crippen LogP contribution in [0.15, 0.2) is 47.1 Å². The van der Waals surface area contributed by atoms with E-state index in [0.717, 1.165) is 0 Å². The Labute approximate surface area is 138 Å². The molecule has 0 aromatic heterocycles. The van der Waals surface area contributed by atoms with Gasteiger partial charge in [0.15, 0.2) is 6.61 Å². The van der Waals surface area contributed by atoms with Crippen molar-refractivity contribution < 1.29 is 14.3 Å². The number of carbonyl (C=O) groups excluding carboxylic acids is 1. The quantitative estimate of drug-likeness (QED) is 0.681. The van der Waals surface area contributed by atoms with E-state index in [0.29, 0.717) is 10.6 Å². The molecule has 1 aromatic rings. The molecule has 0 amide bonds. The number of halogens is 1. The Morgan fingerprint density at radius 1 is 1.57 bits per heavy atom. The van der Waals surface area contributed by atoms with E-state index in [1.165, 1.54) is 0 Å². The summed E-state index contributed by atoms with van der Waals surface area (Å²) >= 11 is 6.02. The van der Waals surface area contributed by atoms with Gasteiger partial charge in [0.25, 0.3) is 0 Å². The van der Waals surface area contributed by atoms with Crippen LogP contribution in [0, 0.1) is 23.7 Å². The fourth-order valence-electron chi connectivity index (χ4n) is 2.35. The van der Waals surface area contributed by atoms with Crippen molar-refractivity contribution in [1.82, 2.24) is 0 Å². The van der Waals surface area contributed by atoms with Gasteiger partial charge in [0.05, 0.1) is 11.5 Å². The van der Waals surface area contributed by atoms with Crippen molar-refractivity contribution in [2.75, 3.05) is 6.61 Å². The fraction of sp³-hybridized carbons (Fsp3) is 0.176. The minimum absolute atomic E-state index is 0.0523. The number of benzene rings is 1. The number of hydrogen-bond acceptors (Lipinski definition) is 5. The molecule has 2 rings (SSSR count). The van der Waals surface area contributed by atoms with Gasteiger partial charge in [0.2, 0.25) is 5.88 Å². The van der Waals surface area contributed by atoms with Crippen LogP contribution >= 0.6 is 11.6 Å². The van der Waals surface area contributed by atoms with Crippen LogP contribution in [0.3, 0.4) is 0 Å². The van der Waals surface area contributed by atoms with Gasteiger partial charge in [-0.05, 0) is 24.6 Å². The number of ether oxygens (including phenoxy) is 2. The minimum Gasteiger partial charge on any atom is -0.449 e. The van der Waals surface area contributed by atoms with Crippen molar-refractivity contribution in [2.45, 2.75) is 12.8 Å². The summed E-state index contributed by atoms with van der Waals surface area (Å²) in [4.78, 5) is 12.3. The van der Waals surface area contributed by atoms with E-state index in [2.05, 4.69) is 5.92 Å². The molecule has 1 aliphatic heterocycles. The molecule has 6 heteroatoms. The van der Waals surface area contributed by atoms with Crippen molar-refractivity contribution in [3.8, 4) is 18.4 Å². The Bertz CT molecular complexity index is 797. The molecule has 5 nitrogen and oxygen atoms in total. The van der Waals surface area contributed by atoms with E-state index in [1.807, 2.05) is 6.07 Å². The van der Waals surface area contributed by atoms with Crippen LogP contribution in [0.2, 0.25) is 5.02 Å². The van der Waals surface area contributed by atoms with E-state index < -0.39 is 11.9 Å². The van der Waals surface area contributed by atoms with Crippen molar-refractivity contribution >= 4 is 17.6 Å². The van der Waals surface area contributed by atoms with E-state index in [-0.39, 0.29) is 29.4 Å². The second kappa shape index (κ2) is 6.91. The summed E-state index contributed by atoms with van der Waals surface area (Å²) in [5, 5.41) is 9.89. The van der Waals surface area contributed by atoms with Gasteiger partial charge in [-0.25, -0.2) is 4.79 Å². The zero-order valence-corrected chi connectivity index (χ0v) is 13.1. The van der Waals surface area contributed by atoms with Crippen LogP contribution in [-0.4, -0.2) is 12.6 Å². The Morgan fingerprint density at radius 2 is 2.30 bits per heavy atom. The molecular formula is C17H13ClN2O3. The molecule has 1 atom stereocenters. The lowest BCUT2D eigenvalue weighted by atomic mass is 9.83. The number of nitriles is 1. The molecule has 0 spiro atoms. The lowest BCUT2D eigenvalue weighted by molar-refractivity contribution is -0.138. The molecule has 1 unspecified atom stereocenters. The van der Waals surface area contributed by atoms with Crippen LogP contribution in [-0.2, 0) is 14.3 Å². The van der Waals surface area contributed by atoms with Crippen molar-refractivity contribution in [3.05, 3.63) is 57.6 Å². The zero-order chi connectivity index (χ0) is 17.0. The normalized spacial score (nSPS) is 17.1. The number of esters is 1. The lowest BCUT2D eigenvalue weighted by Crippen LogP contribution is -2.25. The van der Waals surface area contributed by atoms with Crippen molar-refractivity contribution in [3.63, 3.8) is 0 Å². The zero-order valence-electron chi connectivity index (χ0n) is 12.3. The number of carbonyl (C=O) groups is 1. The topological polar surface area (TPSA) is 85.3 Å². The summed E-state index contributed by atoms with van der Waals surface area (Å²) in [5.41, 5.74) is 6.71. The fourth-order valence-corrected chi connectivity index (χ4v) is 2.55. The SMILES string of the molecule is C#CCOC(=O)C1=C(C)OC(N)=C(C#N)C1c1cccc(Cl)c1. The van der Waals surface area contributed by atoms with Crippen LogP contribution in [0.1, 0.15) is 18.4 Å². The van der Waals surface area contributed by atoms with E-state index in [1.54, 1.807) is 31.2 Å². The van der Waals surface area contributed by atoms with Gasteiger partial charge >= 0.3 is 5.97 Å². The molecule has 1 aliphatic rings. The first-order valence-electron chi connectivity index (χ1n) is 6.64. The number of terminal acetylenes is 1. The number of nitrogens with two attached hydrogens (primary N) is 1. The standard InChI is InChI=1S/C17H13ClN2O3/c1-3-7-22-17(21)14-10(2)23-16(20)13(9-19)15(14)11-5-4-6-12(18)8-11/h1,4-6,8,15H,7,20H2,2H3. The second-order valence-electron chi connectivity index (χ2n) is 4.73. The molecule has 0 bridgehead atoms. The third kappa shape index (κ3) is 3.31. The number of nitrogens with zero attached hydrogens (tertiary/aromatic N) is 1. The third-order valence-corrected chi connectivity index (χ3v) is 3.53. The first kappa shape index (κ1) is 16.5. The predicted octanol–water partition coefficient (Wildman–Crippen LogP) is 2.60. The summed E-state index contributed by atoms with van der Waals surface area (Å²) < 4.78 is 10.3. The van der Waals surface area contributed by atoms with Crippen LogP contribution < -0.4 is 5.73 Å². The maximum absolute atomic E-state index is 12.3. The molecule has 1 aromatic carbocycles. The lowest BCUT2D eigenvalue weighted by Gasteiger charge is -2.26. The van der Waals surface area contributed by atoms with Gasteiger partial charge in [-0.15, -0.1) is 6.42 Å². The highest BCUT2D eigenvalue weighted by molar-refractivity contribution is 6.30. The first-order chi connectivity index (χ1) is 11.0. The van der Waals surface area contributed by atoms with Crippen LogP contribution in [0.25, 0.3) is 0 Å². The molecule has 1 heterocycles. The summed E-state index contributed by atoms with van der Waals surface area (Å²) in [6, 6.07) is 8.80. The molecular weight excluding hydrogens is 316 g/mol. The Kier molecular flexibility index (Phi) is 4.95. The smallest absolute Gasteiger partial charge is 0.339 e. The molecule has 0 fully saturated rings. The number of hydrogen-bond donors (Lipinski definition) is 1. The van der Waals surface area contributed by atoms with Gasteiger partial charge in [-0.2, -0.15) is 5.26 Å². The maximum atomic E-state index is 12.3. The predicted molar refractivity (Wildman–Crippen MR) is 84.6 cm³/mol. The van der Waals surface area contributed by atoms with Crippen molar-refractivity contribution in [1.29, 1.82) is 5.26 Å².